The van der Waals surface area contributed by atoms with E-state index in [0.717, 1.165) is 28.8 Å². The summed E-state index contributed by atoms with van der Waals surface area (Å²) >= 11 is 6.27. The molecular weight excluding hydrogens is 272 g/mol. The Hall–Kier alpha value is -0.770. The standard InChI is InChI=1S/C16H25ClN2O/c1-12(13-7-9-19(2)10-8-13)18-11-14-15(17)5-4-6-16(14)20-3/h4-6,12-13,18H,7-11H2,1-3H3. The predicted molar refractivity (Wildman–Crippen MR) is 84.5 cm³/mol. The molecule has 2 rings (SSSR count). The predicted octanol–water partition coefficient (Wildman–Crippen LogP) is 3.17. The van der Waals surface area contributed by atoms with Crippen molar-refractivity contribution in [2.45, 2.75) is 32.4 Å². The fourth-order valence-corrected chi connectivity index (χ4v) is 3.09. The lowest BCUT2D eigenvalue weighted by Gasteiger charge is -2.33. The van der Waals surface area contributed by atoms with Crippen LogP contribution in [0.25, 0.3) is 0 Å². The van der Waals surface area contributed by atoms with Gasteiger partial charge in [0.1, 0.15) is 5.75 Å². The molecule has 0 aromatic heterocycles. The minimum absolute atomic E-state index is 0.504. The fourth-order valence-electron chi connectivity index (χ4n) is 2.86. The number of hydrogen-bond donors (Lipinski definition) is 1. The van der Waals surface area contributed by atoms with Gasteiger partial charge in [0.05, 0.1) is 7.11 Å². The number of benzene rings is 1. The van der Waals surface area contributed by atoms with E-state index in [4.69, 9.17) is 16.3 Å². The lowest BCUT2D eigenvalue weighted by molar-refractivity contribution is 0.189. The molecule has 1 aliphatic rings. The summed E-state index contributed by atoms with van der Waals surface area (Å²) in [4.78, 5) is 2.40. The van der Waals surface area contributed by atoms with Gasteiger partial charge in [0.25, 0.3) is 0 Å². The number of hydrogen-bond acceptors (Lipinski definition) is 3. The minimum atomic E-state index is 0.504. The van der Waals surface area contributed by atoms with Crippen molar-refractivity contribution in [2.75, 3.05) is 27.2 Å². The van der Waals surface area contributed by atoms with Crippen LogP contribution in [0, 0.1) is 5.92 Å². The van der Waals surface area contributed by atoms with Gasteiger partial charge in [-0.05, 0) is 58.0 Å². The average molecular weight is 297 g/mol. The van der Waals surface area contributed by atoms with Gasteiger partial charge in [-0.25, -0.2) is 0 Å². The maximum atomic E-state index is 6.27. The van der Waals surface area contributed by atoms with Gasteiger partial charge in [0, 0.05) is 23.2 Å². The summed E-state index contributed by atoms with van der Waals surface area (Å²) in [6.45, 7) is 5.44. The maximum Gasteiger partial charge on any atom is 0.124 e. The Kier molecular flexibility index (Phi) is 5.70. The molecule has 0 saturated carbocycles. The lowest BCUT2D eigenvalue weighted by Crippen LogP contribution is -2.40. The van der Waals surface area contributed by atoms with Crippen LogP contribution in [0.5, 0.6) is 5.75 Å². The number of likely N-dealkylation sites (tertiary alicyclic amines) is 1. The smallest absolute Gasteiger partial charge is 0.124 e. The Morgan fingerprint density at radius 3 is 2.75 bits per heavy atom. The monoisotopic (exact) mass is 296 g/mol. The number of rotatable bonds is 5. The molecule has 1 aromatic carbocycles. The number of piperidine rings is 1. The Morgan fingerprint density at radius 1 is 1.40 bits per heavy atom. The number of ether oxygens (including phenoxy) is 1. The summed E-state index contributed by atoms with van der Waals surface area (Å²) < 4.78 is 5.39. The third kappa shape index (κ3) is 3.87. The van der Waals surface area contributed by atoms with E-state index in [9.17, 15) is 0 Å². The minimum Gasteiger partial charge on any atom is -0.496 e. The topological polar surface area (TPSA) is 24.5 Å². The molecule has 0 spiro atoms. The SMILES string of the molecule is COc1cccc(Cl)c1CNC(C)C1CCN(C)CC1. The van der Waals surface area contributed by atoms with Gasteiger partial charge in [0.15, 0.2) is 0 Å². The van der Waals surface area contributed by atoms with Gasteiger partial charge < -0.3 is 15.0 Å². The van der Waals surface area contributed by atoms with Crippen molar-refractivity contribution < 1.29 is 4.74 Å². The van der Waals surface area contributed by atoms with E-state index in [1.54, 1.807) is 7.11 Å². The molecule has 0 aliphatic carbocycles. The molecule has 1 unspecified atom stereocenters. The first-order valence-electron chi connectivity index (χ1n) is 7.35. The Balaban J connectivity index is 1.92. The van der Waals surface area contributed by atoms with Crippen molar-refractivity contribution in [1.29, 1.82) is 0 Å². The summed E-state index contributed by atoms with van der Waals surface area (Å²) in [5.41, 5.74) is 1.05. The first-order valence-corrected chi connectivity index (χ1v) is 7.73. The van der Waals surface area contributed by atoms with E-state index in [1.165, 1.54) is 25.9 Å². The molecule has 1 heterocycles. The molecule has 1 saturated heterocycles. The van der Waals surface area contributed by atoms with Crippen molar-refractivity contribution >= 4 is 11.6 Å². The summed E-state index contributed by atoms with van der Waals surface area (Å²) in [6.07, 6.45) is 2.54. The molecule has 0 amide bonds. The molecule has 1 N–H and O–H groups in total. The normalized spacial score (nSPS) is 19.0. The van der Waals surface area contributed by atoms with E-state index >= 15 is 0 Å². The second-order valence-electron chi connectivity index (χ2n) is 5.73. The van der Waals surface area contributed by atoms with E-state index in [0.29, 0.717) is 6.04 Å². The number of nitrogens with one attached hydrogen (secondary N) is 1. The van der Waals surface area contributed by atoms with Gasteiger partial charge in [-0.3, -0.25) is 0 Å². The largest absolute Gasteiger partial charge is 0.496 e. The van der Waals surface area contributed by atoms with E-state index in [2.05, 4.69) is 24.2 Å². The van der Waals surface area contributed by atoms with Gasteiger partial charge in [0.2, 0.25) is 0 Å². The highest BCUT2D eigenvalue weighted by molar-refractivity contribution is 6.31. The van der Waals surface area contributed by atoms with Gasteiger partial charge >= 0.3 is 0 Å². The number of methoxy groups -OCH3 is 1. The van der Waals surface area contributed by atoms with Gasteiger partial charge in [-0.1, -0.05) is 17.7 Å². The summed E-state index contributed by atoms with van der Waals surface area (Å²) in [6, 6.07) is 6.31. The highest BCUT2D eigenvalue weighted by Gasteiger charge is 2.22. The van der Waals surface area contributed by atoms with E-state index in [-0.39, 0.29) is 0 Å². The summed E-state index contributed by atoms with van der Waals surface area (Å²) in [5, 5.41) is 4.39. The van der Waals surface area contributed by atoms with Gasteiger partial charge in [-0.15, -0.1) is 0 Å². The van der Waals surface area contributed by atoms with Crippen LogP contribution in [-0.4, -0.2) is 38.2 Å². The van der Waals surface area contributed by atoms with Crippen molar-refractivity contribution in [1.82, 2.24) is 10.2 Å². The molecular formula is C16H25ClN2O. The van der Waals surface area contributed by atoms with Crippen LogP contribution < -0.4 is 10.1 Å². The van der Waals surface area contributed by atoms with Gasteiger partial charge in [-0.2, -0.15) is 0 Å². The molecule has 20 heavy (non-hydrogen) atoms. The molecule has 0 radical (unpaired) electrons. The number of halogens is 1. The number of nitrogens with zero attached hydrogens (tertiary/aromatic N) is 1. The average Bonchev–Trinajstić information content (AvgIpc) is 2.46. The van der Waals surface area contributed by atoms with Crippen molar-refractivity contribution in [3.63, 3.8) is 0 Å². The third-order valence-electron chi connectivity index (χ3n) is 4.37. The molecule has 112 valence electrons. The van der Waals surface area contributed by atoms with Crippen LogP contribution in [-0.2, 0) is 6.54 Å². The molecule has 1 aliphatic heterocycles. The van der Waals surface area contributed by atoms with E-state index in [1.807, 2.05) is 18.2 Å². The van der Waals surface area contributed by atoms with Crippen molar-refractivity contribution in [2.24, 2.45) is 5.92 Å². The van der Waals surface area contributed by atoms with Crippen LogP contribution in [0.1, 0.15) is 25.3 Å². The highest BCUT2D eigenvalue weighted by atomic mass is 35.5. The Morgan fingerprint density at radius 2 is 2.10 bits per heavy atom. The molecule has 1 fully saturated rings. The van der Waals surface area contributed by atoms with Crippen LogP contribution in [0.4, 0.5) is 0 Å². The highest BCUT2D eigenvalue weighted by Crippen LogP contribution is 2.27. The molecule has 1 aromatic rings. The van der Waals surface area contributed by atoms with Crippen LogP contribution in [0.15, 0.2) is 18.2 Å². The van der Waals surface area contributed by atoms with E-state index < -0.39 is 0 Å². The maximum absolute atomic E-state index is 6.27. The third-order valence-corrected chi connectivity index (χ3v) is 4.72. The van der Waals surface area contributed by atoms with Crippen LogP contribution in [0.3, 0.4) is 0 Å². The Labute approximate surface area is 127 Å². The van der Waals surface area contributed by atoms with Crippen LogP contribution in [0.2, 0.25) is 5.02 Å². The summed E-state index contributed by atoms with van der Waals surface area (Å²) in [5.74, 6) is 1.61. The fraction of sp³-hybridized carbons (Fsp3) is 0.625. The first kappa shape index (κ1) is 15.6. The summed E-state index contributed by atoms with van der Waals surface area (Å²) in [7, 11) is 3.89. The van der Waals surface area contributed by atoms with Crippen molar-refractivity contribution in [3.05, 3.63) is 28.8 Å². The Bertz CT molecular complexity index is 430. The second-order valence-corrected chi connectivity index (χ2v) is 6.14. The molecule has 0 bridgehead atoms. The zero-order valence-electron chi connectivity index (χ0n) is 12.7. The zero-order valence-corrected chi connectivity index (χ0v) is 13.4. The van der Waals surface area contributed by atoms with Crippen molar-refractivity contribution in [3.8, 4) is 5.75 Å². The second kappa shape index (κ2) is 7.30. The first-order chi connectivity index (χ1) is 9.61. The van der Waals surface area contributed by atoms with Crippen LogP contribution >= 0.6 is 11.6 Å². The molecule has 1 atom stereocenters. The quantitative estimate of drug-likeness (QED) is 0.903. The lowest BCUT2D eigenvalue weighted by atomic mass is 9.90. The zero-order chi connectivity index (χ0) is 14.5. The molecule has 4 heteroatoms. The molecule has 3 nitrogen and oxygen atoms in total.